The summed E-state index contributed by atoms with van der Waals surface area (Å²) in [6.45, 7) is 3.38. The Balaban J connectivity index is 1.07. The summed E-state index contributed by atoms with van der Waals surface area (Å²) >= 11 is 0. The van der Waals surface area contributed by atoms with Gasteiger partial charge in [-0.2, -0.15) is 0 Å². The Morgan fingerprint density at radius 3 is 1.26 bits per heavy atom. The molecule has 36 nitrogen and oxygen atoms in total. The summed E-state index contributed by atoms with van der Waals surface area (Å²) in [5, 5.41) is 168. The van der Waals surface area contributed by atoms with Gasteiger partial charge in [0.1, 0.15) is 146 Å². The molecule has 0 aliphatic carbocycles. The number of hydrogen-bond acceptors (Lipinski definition) is 31. The van der Waals surface area contributed by atoms with Gasteiger partial charge in [-0.15, -0.1) is 0 Å². The molecule has 6 aliphatic rings. The molecular weight excluding hydrogens is 1310 g/mol. The third kappa shape index (κ3) is 20.6. The molecule has 6 saturated heterocycles. The normalized spacial score (nSPS) is 39.8. The fourth-order valence-corrected chi connectivity index (χ4v) is 12.7. The van der Waals surface area contributed by atoms with E-state index in [1.165, 1.54) is 51.2 Å². The second-order valence-corrected chi connectivity index (χ2v) is 25.4. The van der Waals surface area contributed by atoms with Crippen LogP contribution in [0.5, 0.6) is 5.75 Å². The number of rotatable bonds is 32. The van der Waals surface area contributed by atoms with Crippen LogP contribution in [0.1, 0.15) is 110 Å². The van der Waals surface area contributed by atoms with Gasteiger partial charge in [0.15, 0.2) is 37.7 Å². The molecular formula is C62H101N5O31. The van der Waals surface area contributed by atoms with Crippen LogP contribution in [0.4, 0.5) is 0 Å². The van der Waals surface area contributed by atoms with Gasteiger partial charge in [0, 0.05) is 33.3 Å². The van der Waals surface area contributed by atoms with E-state index >= 15 is 0 Å². The Morgan fingerprint density at radius 1 is 0.418 bits per heavy atom. The largest absolute Gasteiger partial charge is 0.494 e. The first-order valence-electron chi connectivity index (χ1n) is 33.2. The summed E-state index contributed by atoms with van der Waals surface area (Å²) in [5.74, 6) is -3.68. The molecule has 98 heavy (non-hydrogen) atoms. The summed E-state index contributed by atoms with van der Waals surface area (Å²) in [6, 6.07) is -2.45. The molecule has 6 heterocycles. The first kappa shape index (κ1) is 80.7. The number of amides is 5. The highest BCUT2D eigenvalue weighted by atomic mass is 16.8. The number of nitrogens with one attached hydrogen (secondary N) is 5. The smallest absolute Gasteiger partial charge is 0.251 e. The third-order valence-electron chi connectivity index (χ3n) is 17.9. The Bertz CT molecular complexity index is 2660. The first-order valence-corrected chi connectivity index (χ1v) is 33.2. The van der Waals surface area contributed by atoms with E-state index in [1.807, 2.05) is 0 Å². The second-order valence-electron chi connectivity index (χ2n) is 25.4. The number of hydrogen-bond donors (Lipinski definition) is 19. The van der Waals surface area contributed by atoms with E-state index in [0.29, 0.717) is 12.4 Å². The fraction of sp³-hybridized carbons (Fsp3) is 0.823. The van der Waals surface area contributed by atoms with Gasteiger partial charge in [0.05, 0.1) is 45.7 Å². The predicted molar refractivity (Wildman–Crippen MR) is 329 cm³/mol. The minimum absolute atomic E-state index is 0.0594. The number of aliphatic hydroxyl groups excluding tert-OH is 14. The van der Waals surface area contributed by atoms with Crippen molar-refractivity contribution in [3.8, 4) is 5.75 Å². The van der Waals surface area contributed by atoms with Gasteiger partial charge in [0.2, 0.25) is 23.6 Å². The van der Waals surface area contributed by atoms with Crippen LogP contribution >= 0.6 is 0 Å². The molecule has 16 unspecified atom stereocenters. The van der Waals surface area contributed by atoms with E-state index in [1.54, 1.807) is 12.1 Å². The topological polar surface area (TPSA) is 539 Å². The van der Waals surface area contributed by atoms with Gasteiger partial charge in [-0.3, -0.25) is 24.0 Å². The Labute approximate surface area is 565 Å². The molecule has 5 amide bonds. The van der Waals surface area contributed by atoms with Crippen molar-refractivity contribution in [2.75, 3.05) is 39.6 Å². The van der Waals surface area contributed by atoms with E-state index in [-0.39, 0.29) is 5.56 Å². The van der Waals surface area contributed by atoms with Gasteiger partial charge in [-0.25, -0.2) is 0 Å². The molecule has 1 aromatic rings. The van der Waals surface area contributed by atoms with Crippen LogP contribution in [0, 0.1) is 0 Å². The van der Waals surface area contributed by atoms with E-state index < -0.39 is 246 Å². The molecule has 560 valence electrons. The van der Waals surface area contributed by atoms with Crippen molar-refractivity contribution in [1.29, 1.82) is 0 Å². The highest BCUT2D eigenvalue weighted by Gasteiger charge is 2.58. The lowest BCUT2D eigenvalue weighted by atomic mass is 9.93. The maximum Gasteiger partial charge on any atom is 0.251 e. The third-order valence-corrected chi connectivity index (χ3v) is 17.9. The molecule has 36 heteroatoms. The van der Waals surface area contributed by atoms with Crippen LogP contribution in [0.2, 0.25) is 0 Å². The van der Waals surface area contributed by atoms with E-state index in [4.69, 9.17) is 56.8 Å². The molecule has 6 fully saturated rings. The number of carbonyl (C=O) groups is 5. The zero-order chi connectivity index (χ0) is 71.8. The molecule has 19 N–H and O–H groups in total. The van der Waals surface area contributed by atoms with Crippen LogP contribution in [0.3, 0.4) is 0 Å². The van der Waals surface area contributed by atoms with Gasteiger partial charge in [0.25, 0.3) is 5.91 Å². The van der Waals surface area contributed by atoms with E-state index in [0.717, 1.165) is 53.4 Å². The van der Waals surface area contributed by atoms with Crippen molar-refractivity contribution < 1.29 is 152 Å². The van der Waals surface area contributed by atoms with Gasteiger partial charge < -0.3 is 155 Å². The Morgan fingerprint density at radius 2 is 0.816 bits per heavy atom. The lowest BCUT2D eigenvalue weighted by Crippen LogP contribution is -2.72. The zero-order valence-electron chi connectivity index (χ0n) is 55.4. The van der Waals surface area contributed by atoms with Crippen LogP contribution in [0.15, 0.2) is 24.3 Å². The minimum Gasteiger partial charge on any atom is -0.494 e. The molecule has 6 aliphatic heterocycles. The molecule has 7 rings (SSSR count). The van der Waals surface area contributed by atoms with Crippen molar-refractivity contribution in [1.82, 2.24) is 26.6 Å². The lowest BCUT2D eigenvalue weighted by Gasteiger charge is -2.51. The minimum atomic E-state index is -2.07. The number of ether oxygens (including phenoxy) is 12. The average molecular weight is 1410 g/mol. The molecule has 0 saturated carbocycles. The lowest BCUT2D eigenvalue weighted by molar-refractivity contribution is -0.368. The zero-order valence-corrected chi connectivity index (χ0v) is 55.4. The molecule has 0 radical (unpaired) electrons. The van der Waals surface area contributed by atoms with Crippen molar-refractivity contribution in [3.63, 3.8) is 0 Å². The van der Waals surface area contributed by atoms with Crippen molar-refractivity contribution in [2.45, 2.75) is 283 Å². The average Bonchev–Trinajstić information content (AvgIpc) is 0.772. The summed E-state index contributed by atoms with van der Waals surface area (Å²) < 4.78 is 72.0. The summed E-state index contributed by atoms with van der Waals surface area (Å²) in [4.78, 5) is 65.0. The highest BCUT2D eigenvalue weighted by molar-refractivity contribution is 5.94. The van der Waals surface area contributed by atoms with Crippen molar-refractivity contribution in [2.24, 2.45) is 0 Å². The van der Waals surface area contributed by atoms with Crippen LogP contribution in [-0.4, -0.2) is 325 Å². The number of unbranched alkanes of at least 4 members (excludes halogenated alkanes) is 8. The van der Waals surface area contributed by atoms with Gasteiger partial charge in [-0.1, -0.05) is 64.4 Å². The Kier molecular flexibility index (Phi) is 31.3. The summed E-state index contributed by atoms with van der Waals surface area (Å²) in [5.41, 5.74) is 0.0594. The molecule has 0 spiro atoms. The predicted octanol–water partition coefficient (Wildman–Crippen LogP) is -7.15. The van der Waals surface area contributed by atoms with E-state index in [9.17, 15) is 95.5 Å². The molecule has 30 atom stereocenters. The first-order chi connectivity index (χ1) is 46.7. The van der Waals surface area contributed by atoms with Gasteiger partial charge >= 0.3 is 0 Å². The maximum atomic E-state index is 14.0. The summed E-state index contributed by atoms with van der Waals surface area (Å²) in [7, 11) is 0. The maximum absolute atomic E-state index is 14.0. The molecule has 1 aromatic carbocycles. The van der Waals surface area contributed by atoms with Crippen LogP contribution < -0.4 is 31.3 Å². The monoisotopic (exact) mass is 1410 g/mol. The second kappa shape index (κ2) is 38.0. The number of aliphatic hydroxyl groups is 14. The number of carbonyl (C=O) groups excluding carboxylic acids is 5. The molecule has 0 bridgehead atoms. The summed E-state index contributed by atoms with van der Waals surface area (Å²) in [6.07, 6.45) is -34.9. The van der Waals surface area contributed by atoms with E-state index in [2.05, 4.69) is 33.5 Å². The van der Waals surface area contributed by atoms with Crippen LogP contribution in [0.25, 0.3) is 0 Å². The highest BCUT2D eigenvalue weighted by Crippen LogP contribution is 2.37. The molecule has 0 aromatic heterocycles. The van der Waals surface area contributed by atoms with Crippen LogP contribution in [-0.2, 0) is 71.3 Å². The Hall–Kier alpha value is -4.63. The standard InChI is InChI=1S/C62H101N5O31/c1-7-8-9-10-11-12-13-14-15-19-87-32-18-16-17-31(20-32)56(85)67-39-45(78)44(77)33(21-68)91-58(39)95-52-34(22-69)92-59(40(47(52)80)64-28(4)73)96-53-35(23-70)93-60(41(48(53)81)65-29(5)74)97-54-36(24-71)94-61(42(49(54)82)66-30(6)75)98-55-37(90-57(86)38(46(55)79)63-27(3)72)25-88-62-51(84)50(83)43(76)26(2)89-62/h16-18,20,26,33-55,57-62,68-71,76-84,86H,7-15,19,21-25H2,1-6H3,(H,63,72)(H,64,73)(H,65,74)(H,66,75)(H,67,85)/t26?,33?,34?,35?,36?,37?,38-,39-,40?,41-,42?,43?,44+,45+,46+,47?,48+,49?,50-,51+,52+,53?,54+,55?,57?,58?,59-,60-,61?,62+/m0/s1. The van der Waals surface area contributed by atoms with Crippen molar-refractivity contribution >= 4 is 29.5 Å². The van der Waals surface area contributed by atoms with Crippen molar-refractivity contribution in [3.05, 3.63) is 29.8 Å². The SMILES string of the molecule is CCCCCCCCCCCOc1cccc(C(=O)N[C@@H]2C(O[C@@H]3C(CO)O[C@@H](OC4C(CO)O[C@@H](O[C@@H]5C(CO)OC(OC6C(CO[C@@H]7OC(C)C(O)[C@H](O)[C@H]7O)OC(O)[C@@H](NC(C)=O)[C@H]6O)C(NC(C)=O)C5O)[C@@H](NC(C)=O)[C@H]4O)C(NC(C)=O)C3O)OC(CO)[C@@H](O)[C@@H]2O)c1. The number of benzene rings is 1. The fourth-order valence-electron chi connectivity index (χ4n) is 12.7. The quantitative estimate of drug-likeness (QED) is 0.0298. The van der Waals surface area contributed by atoms with Gasteiger partial charge in [-0.05, 0) is 31.5 Å².